The number of para-hydroxylation sites is 1. The van der Waals surface area contributed by atoms with Gasteiger partial charge < -0.3 is 15.5 Å². The number of hydrogen-bond acceptors (Lipinski definition) is 3. The molecule has 0 aromatic heterocycles. The SMILES string of the molecule is CCCCN1C[C@H](C(=O)Nc2ccc(C(=O)Nc3ccccc3Br)cc2)CC1=O. The van der Waals surface area contributed by atoms with Crippen LogP contribution in [0.5, 0.6) is 0 Å². The normalized spacial score (nSPS) is 16.0. The van der Waals surface area contributed by atoms with E-state index in [0.717, 1.165) is 17.3 Å². The van der Waals surface area contributed by atoms with E-state index in [1.165, 1.54) is 0 Å². The summed E-state index contributed by atoms with van der Waals surface area (Å²) in [5.41, 5.74) is 1.78. The van der Waals surface area contributed by atoms with Crippen LogP contribution in [0.15, 0.2) is 53.0 Å². The highest BCUT2D eigenvalue weighted by molar-refractivity contribution is 9.10. The van der Waals surface area contributed by atoms with Gasteiger partial charge in [-0.2, -0.15) is 0 Å². The van der Waals surface area contributed by atoms with Crippen LogP contribution >= 0.6 is 15.9 Å². The van der Waals surface area contributed by atoms with Crippen molar-refractivity contribution in [2.75, 3.05) is 23.7 Å². The number of unbranched alkanes of at least 4 members (excludes halogenated alkanes) is 1. The minimum atomic E-state index is -0.335. The first-order valence-corrected chi connectivity index (χ1v) is 10.5. The number of hydrogen-bond donors (Lipinski definition) is 2. The summed E-state index contributed by atoms with van der Waals surface area (Å²) in [6.07, 6.45) is 2.22. The summed E-state index contributed by atoms with van der Waals surface area (Å²) in [6.45, 7) is 3.25. The summed E-state index contributed by atoms with van der Waals surface area (Å²) < 4.78 is 0.802. The zero-order chi connectivity index (χ0) is 20.8. The average molecular weight is 458 g/mol. The first-order chi connectivity index (χ1) is 14.0. The molecule has 3 rings (SSSR count). The first kappa shape index (κ1) is 21.0. The topological polar surface area (TPSA) is 78.5 Å². The molecule has 152 valence electrons. The second-order valence-electron chi connectivity index (χ2n) is 7.09. The van der Waals surface area contributed by atoms with Crippen molar-refractivity contribution in [3.63, 3.8) is 0 Å². The zero-order valence-corrected chi connectivity index (χ0v) is 17.9. The number of halogens is 1. The molecule has 6 nitrogen and oxygen atoms in total. The summed E-state index contributed by atoms with van der Waals surface area (Å²) in [7, 11) is 0. The monoisotopic (exact) mass is 457 g/mol. The molecule has 7 heteroatoms. The third kappa shape index (κ3) is 5.44. The van der Waals surface area contributed by atoms with Gasteiger partial charge in [0.05, 0.1) is 11.6 Å². The summed E-state index contributed by atoms with van der Waals surface area (Å²) in [6, 6.07) is 14.1. The van der Waals surface area contributed by atoms with Gasteiger partial charge in [-0.1, -0.05) is 25.5 Å². The van der Waals surface area contributed by atoms with Crippen molar-refractivity contribution >= 4 is 45.0 Å². The minimum absolute atomic E-state index is 0.0395. The fourth-order valence-corrected chi connectivity index (χ4v) is 3.60. The van der Waals surface area contributed by atoms with Crippen LogP contribution < -0.4 is 10.6 Å². The Labute approximate surface area is 178 Å². The van der Waals surface area contributed by atoms with E-state index < -0.39 is 0 Å². The van der Waals surface area contributed by atoms with E-state index in [-0.39, 0.29) is 30.1 Å². The van der Waals surface area contributed by atoms with Gasteiger partial charge in [-0.15, -0.1) is 0 Å². The highest BCUT2D eigenvalue weighted by Crippen LogP contribution is 2.23. The Balaban J connectivity index is 1.56. The number of nitrogens with zero attached hydrogens (tertiary/aromatic N) is 1. The molecule has 1 aliphatic heterocycles. The lowest BCUT2D eigenvalue weighted by Gasteiger charge is -2.16. The molecule has 0 saturated carbocycles. The number of carbonyl (C=O) groups excluding carboxylic acids is 3. The lowest BCUT2D eigenvalue weighted by atomic mass is 10.1. The van der Waals surface area contributed by atoms with Gasteiger partial charge in [0.1, 0.15) is 0 Å². The summed E-state index contributed by atoms with van der Waals surface area (Å²) in [5.74, 6) is -0.694. The van der Waals surface area contributed by atoms with Gasteiger partial charge in [-0.05, 0) is 58.7 Å². The second kappa shape index (κ2) is 9.69. The number of rotatable bonds is 7. The molecule has 1 fully saturated rings. The van der Waals surface area contributed by atoms with Crippen molar-refractivity contribution in [1.29, 1.82) is 0 Å². The van der Waals surface area contributed by atoms with Crippen LogP contribution in [0.2, 0.25) is 0 Å². The molecular formula is C22H24BrN3O3. The molecule has 2 aromatic carbocycles. The molecule has 1 aliphatic rings. The van der Waals surface area contributed by atoms with Gasteiger partial charge >= 0.3 is 0 Å². The van der Waals surface area contributed by atoms with Crippen LogP contribution in [0.25, 0.3) is 0 Å². The second-order valence-corrected chi connectivity index (χ2v) is 7.95. The molecule has 0 spiro atoms. The standard InChI is InChI=1S/C22H24BrN3O3/c1-2-3-12-26-14-16(13-20(26)27)22(29)24-17-10-8-15(9-11-17)21(28)25-19-7-5-4-6-18(19)23/h4-11,16H,2-3,12-14H2,1H3,(H,24,29)(H,25,28)/t16-/m1/s1. The van der Waals surface area contributed by atoms with E-state index >= 15 is 0 Å². The number of likely N-dealkylation sites (tertiary alicyclic amines) is 1. The molecule has 2 N–H and O–H groups in total. The molecule has 1 atom stereocenters. The van der Waals surface area contributed by atoms with E-state index in [4.69, 9.17) is 0 Å². The fourth-order valence-electron chi connectivity index (χ4n) is 3.22. The van der Waals surface area contributed by atoms with Gasteiger partial charge in [0.15, 0.2) is 0 Å². The van der Waals surface area contributed by atoms with Crippen LogP contribution in [-0.2, 0) is 9.59 Å². The van der Waals surface area contributed by atoms with E-state index in [9.17, 15) is 14.4 Å². The smallest absolute Gasteiger partial charge is 0.255 e. The molecule has 3 amide bonds. The minimum Gasteiger partial charge on any atom is -0.342 e. The first-order valence-electron chi connectivity index (χ1n) is 9.72. The third-order valence-electron chi connectivity index (χ3n) is 4.90. The summed E-state index contributed by atoms with van der Waals surface area (Å²) in [4.78, 5) is 38.7. The Kier molecular flexibility index (Phi) is 7.04. The highest BCUT2D eigenvalue weighted by atomic mass is 79.9. The maximum Gasteiger partial charge on any atom is 0.255 e. The van der Waals surface area contributed by atoms with Gasteiger partial charge in [0.25, 0.3) is 5.91 Å². The third-order valence-corrected chi connectivity index (χ3v) is 5.60. The Hall–Kier alpha value is -2.67. The Morgan fingerprint density at radius 1 is 1.10 bits per heavy atom. The molecule has 29 heavy (non-hydrogen) atoms. The van der Waals surface area contributed by atoms with Gasteiger partial charge in [0, 0.05) is 35.2 Å². The molecule has 0 unspecified atom stereocenters. The molecular weight excluding hydrogens is 434 g/mol. The van der Waals surface area contributed by atoms with Crippen molar-refractivity contribution in [3.05, 3.63) is 58.6 Å². The summed E-state index contributed by atoms with van der Waals surface area (Å²) >= 11 is 3.40. The van der Waals surface area contributed by atoms with Crippen LogP contribution in [0.3, 0.4) is 0 Å². The lowest BCUT2D eigenvalue weighted by molar-refractivity contribution is -0.128. The predicted octanol–water partition coefficient (Wildman–Crippen LogP) is 4.29. The molecule has 0 bridgehead atoms. The lowest BCUT2D eigenvalue weighted by Crippen LogP contribution is -2.29. The number of amides is 3. The predicted molar refractivity (Wildman–Crippen MR) is 117 cm³/mol. The quantitative estimate of drug-likeness (QED) is 0.650. The number of nitrogens with one attached hydrogen (secondary N) is 2. The van der Waals surface area contributed by atoms with E-state index in [0.29, 0.717) is 30.0 Å². The Morgan fingerprint density at radius 3 is 2.52 bits per heavy atom. The maximum atomic E-state index is 12.5. The van der Waals surface area contributed by atoms with Crippen LogP contribution in [0.4, 0.5) is 11.4 Å². The van der Waals surface area contributed by atoms with Crippen LogP contribution in [-0.4, -0.2) is 35.7 Å². The van der Waals surface area contributed by atoms with Crippen molar-refractivity contribution in [1.82, 2.24) is 4.90 Å². The molecule has 2 aromatic rings. The van der Waals surface area contributed by atoms with E-state index in [2.05, 4.69) is 33.5 Å². The van der Waals surface area contributed by atoms with E-state index in [1.54, 1.807) is 29.2 Å². The molecule has 1 heterocycles. The number of anilines is 2. The molecule has 0 aliphatic carbocycles. The van der Waals surface area contributed by atoms with Gasteiger partial charge in [0.2, 0.25) is 11.8 Å². The number of benzene rings is 2. The Bertz CT molecular complexity index is 898. The number of carbonyl (C=O) groups is 3. The van der Waals surface area contributed by atoms with Crippen LogP contribution in [0.1, 0.15) is 36.5 Å². The van der Waals surface area contributed by atoms with Crippen molar-refractivity contribution in [2.24, 2.45) is 5.92 Å². The Morgan fingerprint density at radius 2 is 1.83 bits per heavy atom. The summed E-state index contributed by atoms with van der Waals surface area (Å²) in [5, 5.41) is 5.69. The molecule has 1 saturated heterocycles. The van der Waals surface area contributed by atoms with Crippen LogP contribution in [0, 0.1) is 5.92 Å². The van der Waals surface area contributed by atoms with Crippen molar-refractivity contribution < 1.29 is 14.4 Å². The fraction of sp³-hybridized carbons (Fsp3) is 0.318. The van der Waals surface area contributed by atoms with Gasteiger partial charge in [-0.3, -0.25) is 14.4 Å². The zero-order valence-electron chi connectivity index (χ0n) is 16.3. The maximum absolute atomic E-state index is 12.5. The average Bonchev–Trinajstić information content (AvgIpc) is 3.09. The molecule has 0 radical (unpaired) electrons. The highest BCUT2D eigenvalue weighted by Gasteiger charge is 2.33. The van der Waals surface area contributed by atoms with Gasteiger partial charge in [-0.25, -0.2) is 0 Å². The largest absolute Gasteiger partial charge is 0.342 e. The van der Waals surface area contributed by atoms with E-state index in [1.807, 2.05) is 24.3 Å². The van der Waals surface area contributed by atoms with Crippen molar-refractivity contribution in [2.45, 2.75) is 26.2 Å². The van der Waals surface area contributed by atoms with Crippen molar-refractivity contribution in [3.8, 4) is 0 Å².